The van der Waals surface area contributed by atoms with Crippen molar-refractivity contribution < 1.29 is 4.42 Å². The van der Waals surface area contributed by atoms with E-state index in [-0.39, 0.29) is 10.8 Å². The SMILES string of the molecule is CC1(C)c2ccccc2-c2ccc(N(c3cccc(-c4cc5oc6cccc7c8ccccc8c(c4)c5c67)c3)c3cccc4c3-c3ccccc3C4(C)C)cc21. The average molecular weight is 718 g/mol. The Hall–Kier alpha value is -6.64. The Bertz CT molecular complexity index is 3270. The third-order valence-corrected chi connectivity index (χ3v) is 13.2. The first-order valence-electron chi connectivity index (χ1n) is 19.8. The molecule has 0 unspecified atom stereocenters. The van der Waals surface area contributed by atoms with Gasteiger partial charge in [0, 0.05) is 38.5 Å². The molecule has 9 aromatic carbocycles. The molecule has 0 saturated carbocycles. The molecule has 0 aliphatic heterocycles. The normalized spacial score (nSPS) is 14.7. The maximum absolute atomic E-state index is 6.65. The molecular formula is C54H39NO. The first kappa shape index (κ1) is 31.7. The van der Waals surface area contributed by atoms with E-state index < -0.39 is 0 Å². The van der Waals surface area contributed by atoms with Crippen LogP contribution in [0.3, 0.4) is 0 Å². The summed E-state index contributed by atoms with van der Waals surface area (Å²) in [6.45, 7) is 9.47. The van der Waals surface area contributed by atoms with Gasteiger partial charge >= 0.3 is 0 Å². The second kappa shape index (κ2) is 11.0. The molecule has 0 fully saturated rings. The maximum Gasteiger partial charge on any atom is 0.136 e. The zero-order valence-corrected chi connectivity index (χ0v) is 31.9. The van der Waals surface area contributed by atoms with Gasteiger partial charge in [-0.2, -0.15) is 0 Å². The standard InChI is InChI=1S/C54H39NO/c1-53(2)44-22-10-8-19-41(44)50-45(53)23-13-24-47(50)55(35-26-27-39-38-18-7-9-21-43(38)54(3,4)46(39)31-35)34-15-11-14-32(28-34)33-29-42-37-17-6-5-16-36(37)40-20-12-25-48-51(40)52(42)49(30-33)56-48/h5-31H,1-4H3. The summed E-state index contributed by atoms with van der Waals surface area (Å²) in [5, 5.41) is 7.40. The summed E-state index contributed by atoms with van der Waals surface area (Å²) in [5.74, 6) is 0. The van der Waals surface area contributed by atoms with Crippen LogP contribution in [0, 0.1) is 0 Å². The fourth-order valence-corrected chi connectivity index (χ4v) is 10.5. The Kier molecular flexibility index (Phi) is 6.22. The molecule has 10 aromatic rings. The third kappa shape index (κ3) is 4.11. The van der Waals surface area contributed by atoms with Crippen molar-refractivity contribution in [1.29, 1.82) is 0 Å². The monoisotopic (exact) mass is 717 g/mol. The van der Waals surface area contributed by atoms with E-state index in [0.29, 0.717) is 0 Å². The van der Waals surface area contributed by atoms with Crippen molar-refractivity contribution in [3.63, 3.8) is 0 Å². The molecule has 0 atom stereocenters. The minimum Gasteiger partial charge on any atom is -0.456 e. The molecule has 2 nitrogen and oxygen atoms in total. The van der Waals surface area contributed by atoms with Gasteiger partial charge in [-0.05, 0) is 120 Å². The van der Waals surface area contributed by atoms with Crippen LogP contribution < -0.4 is 4.90 Å². The molecule has 0 amide bonds. The van der Waals surface area contributed by atoms with Crippen LogP contribution in [0.2, 0.25) is 0 Å². The summed E-state index contributed by atoms with van der Waals surface area (Å²) >= 11 is 0. The van der Waals surface area contributed by atoms with Gasteiger partial charge in [0.2, 0.25) is 0 Å². The lowest BCUT2D eigenvalue weighted by molar-refractivity contribution is 0.660. The van der Waals surface area contributed by atoms with E-state index in [0.717, 1.165) is 33.7 Å². The van der Waals surface area contributed by atoms with Gasteiger partial charge in [0.05, 0.1) is 5.69 Å². The summed E-state index contributed by atoms with van der Waals surface area (Å²) in [5.41, 5.74) is 18.1. The van der Waals surface area contributed by atoms with Gasteiger partial charge in [-0.15, -0.1) is 0 Å². The van der Waals surface area contributed by atoms with Gasteiger partial charge in [-0.3, -0.25) is 0 Å². The number of hydrogen-bond donors (Lipinski definition) is 0. The second-order valence-electron chi connectivity index (χ2n) is 16.9. The van der Waals surface area contributed by atoms with Crippen LogP contribution in [0.25, 0.3) is 76.9 Å². The van der Waals surface area contributed by atoms with Gasteiger partial charge in [0.15, 0.2) is 0 Å². The Balaban J connectivity index is 1.10. The zero-order chi connectivity index (χ0) is 37.5. The number of rotatable bonds is 4. The van der Waals surface area contributed by atoms with Crippen LogP contribution in [-0.2, 0) is 10.8 Å². The van der Waals surface area contributed by atoms with Crippen LogP contribution >= 0.6 is 0 Å². The van der Waals surface area contributed by atoms with Crippen LogP contribution in [0.1, 0.15) is 49.9 Å². The van der Waals surface area contributed by atoms with E-state index in [1.54, 1.807) is 0 Å². The highest BCUT2D eigenvalue weighted by Gasteiger charge is 2.39. The molecule has 0 saturated heterocycles. The lowest BCUT2D eigenvalue weighted by Gasteiger charge is -2.30. The Labute approximate surface area is 326 Å². The number of hydrogen-bond acceptors (Lipinski definition) is 2. The van der Waals surface area contributed by atoms with Crippen LogP contribution in [0.4, 0.5) is 17.1 Å². The van der Waals surface area contributed by atoms with E-state index in [1.165, 1.54) is 82.5 Å². The second-order valence-corrected chi connectivity index (χ2v) is 16.9. The molecular weight excluding hydrogens is 679 g/mol. The Morgan fingerprint density at radius 2 is 1.00 bits per heavy atom. The Morgan fingerprint density at radius 3 is 1.84 bits per heavy atom. The van der Waals surface area contributed by atoms with Crippen LogP contribution in [0.15, 0.2) is 168 Å². The van der Waals surface area contributed by atoms with Gasteiger partial charge < -0.3 is 9.32 Å². The minimum absolute atomic E-state index is 0.115. The van der Waals surface area contributed by atoms with E-state index in [4.69, 9.17) is 4.42 Å². The fourth-order valence-electron chi connectivity index (χ4n) is 10.5. The Morgan fingerprint density at radius 1 is 0.393 bits per heavy atom. The predicted octanol–water partition coefficient (Wildman–Crippen LogP) is 15.1. The molecule has 0 radical (unpaired) electrons. The van der Waals surface area contributed by atoms with Gasteiger partial charge in [0.1, 0.15) is 11.2 Å². The van der Waals surface area contributed by atoms with Crippen molar-refractivity contribution in [3.8, 4) is 33.4 Å². The molecule has 0 spiro atoms. The van der Waals surface area contributed by atoms with Crippen LogP contribution in [-0.4, -0.2) is 0 Å². The summed E-state index contributed by atoms with van der Waals surface area (Å²) in [6, 6.07) is 60.8. The highest BCUT2D eigenvalue weighted by molar-refractivity contribution is 6.33. The highest BCUT2D eigenvalue weighted by atomic mass is 16.3. The average Bonchev–Trinajstić information content (AvgIpc) is 3.81. The molecule has 0 bridgehead atoms. The molecule has 0 N–H and O–H groups in total. The van der Waals surface area contributed by atoms with Gasteiger partial charge in [-0.25, -0.2) is 0 Å². The van der Waals surface area contributed by atoms with E-state index in [9.17, 15) is 0 Å². The summed E-state index contributed by atoms with van der Waals surface area (Å²) < 4.78 is 6.65. The minimum atomic E-state index is -0.123. The van der Waals surface area contributed by atoms with Gasteiger partial charge in [-0.1, -0.05) is 143 Å². The zero-order valence-electron chi connectivity index (χ0n) is 31.9. The molecule has 266 valence electrons. The van der Waals surface area contributed by atoms with Crippen LogP contribution in [0.5, 0.6) is 0 Å². The molecule has 1 heterocycles. The fraction of sp³-hybridized carbons (Fsp3) is 0.111. The quantitative estimate of drug-likeness (QED) is 0.169. The van der Waals surface area contributed by atoms with Crippen molar-refractivity contribution >= 4 is 60.5 Å². The molecule has 2 aliphatic carbocycles. The summed E-state index contributed by atoms with van der Waals surface area (Å²) in [4.78, 5) is 2.51. The van der Waals surface area contributed by atoms with Crippen molar-refractivity contribution in [2.24, 2.45) is 0 Å². The number of anilines is 3. The first-order valence-corrected chi connectivity index (χ1v) is 19.8. The smallest absolute Gasteiger partial charge is 0.136 e. The topological polar surface area (TPSA) is 16.4 Å². The molecule has 12 rings (SSSR count). The largest absolute Gasteiger partial charge is 0.456 e. The predicted molar refractivity (Wildman–Crippen MR) is 235 cm³/mol. The summed E-state index contributed by atoms with van der Waals surface area (Å²) in [7, 11) is 0. The lowest BCUT2D eigenvalue weighted by Crippen LogP contribution is -2.17. The summed E-state index contributed by atoms with van der Waals surface area (Å²) in [6.07, 6.45) is 0. The number of benzene rings is 9. The number of nitrogens with zero attached hydrogens (tertiary/aromatic N) is 1. The molecule has 2 heteroatoms. The molecule has 2 aliphatic rings. The number of fused-ring (bicyclic) bond motifs is 9. The highest BCUT2D eigenvalue weighted by Crippen LogP contribution is 2.56. The van der Waals surface area contributed by atoms with Crippen molar-refractivity contribution in [2.45, 2.75) is 38.5 Å². The van der Waals surface area contributed by atoms with Crippen molar-refractivity contribution in [1.82, 2.24) is 0 Å². The maximum atomic E-state index is 6.65. The first-order chi connectivity index (χ1) is 27.3. The van der Waals surface area contributed by atoms with E-state index in [2.05, 4.69) is 196 Å². The number of furan rings is 1. The molecule has 1 aromatic heterocycles. The lowest BCUT2D eigenvalue weighted by atomic mass is 9.82. The van der Waals surface area contributed by atoms with Gasteiger partial charge in [0.25, 0.3) is 0 Å². The third-order valence-electron chi connectivity index (χ3n) is 13.2. The van der Waals surface area contributed by atoms with Crippen molar-refractivity contribution in [3.05, 3.63) is 186 Å². The van der Waals surface area contributed by atoms with E-state index >= 15 is 0 Å². The van der Waals surface area contributed by atoms with E-state index in [1.807, 2.05) is 0 Å². The molecule has 56 heavy (non-hydrogen) atoms. The van der Waals surface area contributed by atoms with Crippen molar-refractivity contribution in [2.75, 3.05) is 4.90 Å².